The van der Waals surface area contributed by atoms with Gasteiger partial charge in [-0.3, -0.25) is 0 Å². The molecule has 18 rings (SSSR count). The van der Waals surface area contributed by atoms with Gasteiger partial charge in [0, 0.05) is 83.9 Å². The highest BCUT2D eigenvalue weighted by molar-refractivity contribution is 8.00. The van der Waals surface area contributed by atoms with E-state index in [4.69, 9.17) is 4.74 Å². The van der Waals surface area contributed by atoms with Gasteiger partial charge in [0.15, 0.2) is 0 Å². The Hall–Kier alpha value is -10.9. The molecule has 0 bridgehead atoms. The van der Waals surface area contributed by atoms with Crippen molar-refractivity contribution in [1.82, 2.24) is 4.57 Å². The molecule has 1 aromatic heterocycles. The van der Waals surface area contributed by atoms with Crippen LogP contribution in [0.1, 0.15) is 0 Å². The molecule has 6 nitrogen and oxygen atoms in total. The van der Waals surface area contributed by atoms with Crippen LogP contribution in [0.5, 0.6) is 11.5 Å². The van der Waals surface area contributed by atoms with E-state index < -0.39 is 0 Å². The third-order valence-corrected chi connectivity index (χ3v) is 19.1. The summed E-state index contributed by atoms with van der Waals surface area (Å²) in [5.74, 6) is 1.72. The minimum Gasteiger partial charge on any atom is -0.458 e. The van der Waals surface area contributed by atoms with Crippen molar-refractivity contribution >= 4 is 148 Å². The molecule has 0 atom stereocenters. The summed E-state index contributed by atoms with van der Waals surface area (Å²) in [7, 11) is 0. The quantitative estimate of drug-likeness (QED) is 0.134. The number of hydrogen-bond donors (Lipinski definition) is 0. The van der Waals surface area contributed by atoms with Crippen molar-refractivity contribution in [3.63, 3.8) is 0 Å². The van der Waals surface area contributed by atoms with Gasteiger partial charge in [0.05, 0.1) is 33.8 Å². The predicted octanol–water partition coefficient (Wildman–Crippen LogP) is 16.9. The first-order valence-corrected chi connectivity index (χ1v) is 30.6. The van der Waals surface area contributed by atoms with Crippen molar-refractivity contribution in [2.75, 3.05) is 19.6 Å². The Morgan fingerprint density at radius 3 is 1.37 bits per heavy atom. The Morgan fingerprint density at radius 2 is 0.759 bits per heavy atom. The standard InChI is InChI=1S/C78H51B2N5OS/c1-6-26-52(27-7-1)81(53-28-8-2-9-29-53)57-46-71-77-72(47-57)85(69-44-24-23-43-68(69)84-65-40-20-16-36-59(65)60-37-17-21-41-66(60)84)67-42-22-18-38-61(67)79(77)63-50-64-73(51-70(63)83(71)56-34-14-5-15-35-56)86-74-48-58(49-76-78(74)80(64)62-39-19-25-45-75(62)87-76)82(54-30-10-3-11-31-54)55-32-12-4-13-33-55/h1-51H. The molecule has 9 heteroatoms. The average Bonchev–Trinajstić information content (AvgIpc) is 1.12. The molecule has 5 heterocycles. The molecule has 0 spiro atoms. The van der Waals surface area contributed by atoms with Gasteiger partial charge in [0.1, 0.15) is 11.5 Å². The monoisotopic (exact) mass is 1130 g/mol. The van der Waals surface area contributed by atoms with E-state index in [-0.39, 0.29) is 13.4 Å². The molecule has 0 aliphatic carbocycles. The molecule has 0 saturated heterocycles. The van der Waals surface area contributed by atoms with Crippen LogP contribution in [0.25, 0.3) is 27.5 Å². The highest BCUT2D eigenvalue weighted by atomic mass is 32.2. The van der Waals surface area contributed by atoms with Crippen LogP contribution < -0.4 is 57.1 Å². The number of aromatic nitrogens is 1. The van der Waals surface area contributed by atoms with Gasteiger partial charge in [-0.2, -0.15) is 0 Å². The fourth-order valence-electron chi connectivity index (χ4n) is 14.5. The summed E-state index contributed by atoms with van der Waals surface area (Å²) in [6.45, 7) is -0.273. The van der Waals surface area contributed by atoms with Crippen molar-refractivity contribution in [2.45, 2.75) is 9.79 Å². The molecule has 0 amide bonds. The van der Waals surface area contributed by atoms with Crippen molar-refractivity contribution in [3.05, 3.63) is 309 Å². The minimum atomic E-state index is -0.180. The van der Waals surface area contributed by atoms with Crippen LogP contribution in [0.2, 0.25) is 0 Å². The molecule has 14 aromatic rings. The Kier molecular flexibility index (Phi) is 11.3. The second-order valence-electron chi connectivity index (χ2n) is 22.7. The maximum absolute atomic E-state index is 7.59. The van der Waals surface area contributed by atoms with Crippen LogP contribution in [0.4, 0.5) is 68.2 Å². The number of fused-ring (bicyclic) bond motifs is 11. The first-order chi connectivity index (χ1) is 43.2. The highest BCUT2D eigenvalue weighted by Gasteiger charge is 2.47. The molecule has 0 radical (unpaired) electrons. The number of ether oxygens (including phenoxy) is 1. The van der Waals surface area contributed by atoms with Gasteiger partial charge >= 0.3 is 0 Å². The first kappa shape index (κ1) is 49.6. The maximum Gasteiger partial charge on any atom is 0.253 e. The van der Waals surface area contributed by atoms with Gasteiger partial charge < -0.3 is 28.9 Å². The van der Waals surface area contributed by atoms with E-state index in [1.54, 1.807) is 0 Å². The Bertz CT molecular complexity index is 4910. The smallest absolute Gasteiger partial charge is 0.253 e. The summed E-state index contributed by atoms with van der Waals surface area (Å²) < 4.78 is 10.1. The minimum absolute atomic E-state index is 0.0930. The number of anilines is 12. The van der Waals surface area contributed by atoms with E-state index in [1.807, 2.05) is 11.8 Å². The zero-order chi connectivity index (χ0) is 57.1. The number of benzene rings is 13. The molecular formula is C78H51B2N5OS. The first-order valence-electron chi connectivity index (χ1n) is 29.8. The van der Waals surface area contributed by atoms with Crippen LogP contribution in [0.15, 0.2) is 319 Å². The van der Waals surface area contributed by atoms with Gasteiger partial charge in [-0.15, -0.1) is 0 Å². The molecule has 0 fully saturated rings. The van der Waals surface area contributed by atoms with Gasteiger partial charge in [0.2, 0.25) is 0 Å². The van der Waals surface area contributed by atoms with Crippen LogP contribution >= 0.6 is 11.8 Å². The highest BCUT2D eigenvalue weighted by Crippen LogP contribution is 2.51. The van der Waals surface area contributed by atoms with E-state index >= 15 is 0 Å². The zero-order valence-electron chi connectivity index (χ0n) is 47.2. The molecule has 13 aromatic carbocycles. The fraction of sp³-hybridized carbons (Fsp3) is 0. The molecule has 87 heavy (non-hydrogen) atoms. The molecule has 0 unspecified atom stereocenters. The lowest BCUT2D eigenvalue weighted by Gasteiger charge is -2.46. The summed E-state index contributed by atoms with van der Waals surface area (Å²) in [6, 6.07) is 113. The summed E-state index contributed by atoms with van der Waals surface area (Å²) in [4.78, 5) is 12.3. The second-order valence-corrected chi connectivity index (χ2v) is 23.8. The molecular weight excluding hydrogens is 1080 g/mol. The van der Waals surface area contributed by atoms with E-state index in [0.717, 1.165) is 102 Å². The molecule has 4 aliphatic rings. The zero-order valence-corrected chi connectivity index (χ0v) is 48.0. The van der Waals surface area contributed by atoms with E-state index in [9.17, 15) is 0 Å². The number of rotatable bonds is 9. The van der Waals surface area contributed by atoms with E-state index in [1.165, 1.54) is 47.9 Å². The lowest BCUT2D eigenvalue weighted by atomic mass is 9.31. The molecule has 0 N–H and O–H groups in total. The predicted molar refractivity (Wildman–Crippen MR) is 366 cm³/mol. The summed E-state index contributed by atoms with van der Waals surface area (Å²) in [6.07, 6.45) is 0. The van der Waals surface area contributed by atoms with Gasteiger partial charge in [-0.25, -0.2) is 0 Å². The van der Waals surface area contributed by atoms with Crippen molar-refractivity contribution < 1.29 is 4.74 Å². The van der Waals surface area contributed by atoms with Crippen LogP contribution in [-0.4, -0.2) is 18.0 Å². The second kappa shape index (κ2) is 19.9. The van der Waals surface area contributed by atoms with Gasteiger partial charge in [-0.1, -0.05) is 199 Å². The third-order valence-electron chi connectivity index (χ3n) is 18.0. The van der Waals surface area contributed by atoms with E-state index in [2.05, 4.69) is 334 Å². The molecule has 4 aliphatic heterocycles. The van der Waals surface area contributed by atoms with Crippen molar-refractivity contribution in [1.29, 1.82) is 0 Å². The molecule has 0 saturated carbocycles. The summed E-state index contributed by atoms with van der Waals surface area (Å²) in [5.41, 5.74) is 23.7. The largest absolute Gasteiger partial charge is 0.458 e. The lowest BCUT2D eigenvalue weighted by molar-refractivity contribution is 0.486. The van der Waals surface area contributed by atoms with Gasteiger partial charge in [-0.05, 0) is 143 Å². The number of hydrogen-bond acceptors (Lipinski definition) is 6. The van der Waals surface area contributed by atoms with Crippen molar-refractivity contribution in [3.8, 4) is 17.2 Å². The maximum atomic E-state index is 7.59. The topological polar surface area (TPSA) is 27.1 Å². The Labute approximate surface area is 510 Å². The van der Waals surface area contributed by atoms with Crippen LogP contribution in [0.3, 0.4) is 0 Å². The SMILES string of the molecule is c1ccc(N(c2ccccc2)c2cc3c4c(c2)Sc2ccccc2B4c2cc4c(cc2O3)N(c2ccccc2)c2cc(N(c3ccccc3)c3ccccc3)cc3c2B4c2ccccc2N3c2ccccc2-n2c3ccccc3c3ccccc32)cc1. The number of nitrogens with zero attached hydrogens (tertiary/aromatic N) is 5. The Balaban J connectivity index is 0.917. The average molecular weight is 1130 g/mol. The van der Waals surface area contributed by atoms with E-state index in [0.29, 0.717) is 0 Å². The number of para-hydroxylation sites is 10. The summed E-state index contributed by atoms with van der Waals surface area (Å²) in [5, 5.41) is 2.45. The Morgan fingerprint density at radius 1 is 0.287 bits per heavy atom. The lowest BCUT2D eigenvalue weighted by Crippen LogP contribution is -2.64. The van der Waals surface area contributed by atoms with Crippen LogP contribution in [0, 0.1) is 0 Å². The fourth-order valence-corrected chi connectivity index (χ4v) is 15.7. The third kappa shape index (κ3) is 7.72. The summed E-state index contributed by atoms with van der Waals surface area (Å²) >= 11 is 1.84. The van der Waals surface area contributed by atoms with Crippen molar-refractivity contribution in [2.24, 2.45) is 0 Å². The normalized spacial score (nSPS) is 13.0. The molecule has 406 valence electrons. The van der Waals surface area contributed by atoms with Crippen LogP contribution in [-0.2, 0) is 0 Å². The van der Waals surface area contributed by atoms with Gasteiger partial charge in [0.25, 0.3) is 13.4 Å².